The molecule has 1 heterocycles. The summed E-state index contributed by atoms with van der Waals surface area (Å²) in [7, 11) is 0. The van der Waals surface area contributed by atoms with Gasteiger partial charge in [0.1, 0.15) is 11.3 Å². The van der Waals surface area contributed by atoms with Gasteiger partial charge in [0.2, 0.25) is 5.95 Å². The number of hydrogen-bond donors (Lipinski definition) is 1. The van der Waals surface area contributed by atoms with E-state index in [1.165, 1.54) is 0 Å². The van der Waals surface area contributed by atoms with Gasteiger partial charge in [0.25, 0.3) is 0 Å². The maximum Gasteiger partial charge on any atom is 0.342 e. The minimum atomic E-state index is -0.451. The molecule has 6 nitrogen and oxygen atoms in total. The minimum absolute atomic E-state index is 0.124. The largest absolute Gasteiger partial charge is 0.494 e. The van der Waals surface area contributed by atoms with Crippen LogP contribution < -0.4 is 10.5 Å². The van der Waals surface area contributed by atoms with Crippen LogP contribution in [0.2, 0.25) is 0 Å². The molecule has 0 spiro atoms. The lowest BCUT2D eigenvalue weighted by Gasteiger charge is -2.12. The summed E-state index contributed by atoms with van der Waals surface area (Å²) in [5.74, 6) is 0.454. The van der Waals surface area contributed by atoms with Gasteiger partial charge in [-0.05, 0) is 44.5 Å². The van der Waals surface area contributed by atoms with E-state index in [-0.39, 0.29) is 12.6 Å². The lowest BCUT2D eigenvalue weighted by atomic mass is 10.0. The molecule has 0 bridgehead atoms. The standard InChI is InChI=1S/C18H23N3O3/c1-4-6-11-24-14-9-7-13(8-10-14)16-15(17(22)23-5-2)12(3)20-18(19)21-16/h7-10H,4-6,11H2,1-3H3,(H2,19,20,21). The average molecular weight is 329 g/mol. The molecule has 1 aromatic carbocycles. The van der Waals surface area contributed by atoms with Gasteiger partial charge in [-0.2, -0.15) is 0 Å². The van der Waals surface area contributed by atoms with Crippen LogP contribution in [0.5, 0.6) is 5.75 Å². The number of nitrogens with two attached hydrogens (primary N) is 1. The van der Waals surface area contributed by atoms with E-state index in [9.17, 15) is 4.79 Å². The summed E-state index contributed by atoms with van der Waals surface area (Å²) >= 11 is 0. The number of aromatic nitrogens is 2. The highest BCUT2D eigenvalue weighted by Crippen LogP contribution is 2.27. The van der Waals surface area contributed by atoms with Crippen molar-refractivity contribution in [3.05, 3.63) is 35.5 Å². The predicted octanol–water partition coefficient (Wildman–Crippen LogP) is 3.39. The molecule has 0 saturated carbocycles. The number of nitrogens with zero attached hydrogens (tertiary/aromatic N) is 2. The molecule has 0 amide bonds. The normalized spacial score (nSPS) is 10.5. The number of ether oxygens (including phenoxy) is 2. The Morgan fingerprint density at radius 3 is 2.50 bits per heavy atom. The fourth-order valence-electron chi connectivity index (χ4n) is 2.29. The number of hydrogen-bond acceptors (Lipinski definition) is 6. The number of carbonyl (C=O) groups excluding carboxylic acids is 1. The van der Waals surface area contributed by atoms with Crippen molar-refractivity contribution in [3.63, 3.8) is 0 Å². The summed E-state index contributed by atoms with van der Waals surface area (Å²) in [6.07, 6.45) is 2.09. The van der Waals surface area contributed by atoms with Gasteiger partial charge in [-0.3, -0.25) is 0 Å². The molecule has 0 fully saturated rings. The number of benzene rings is 1. The summed E-state index contributed by atoms with van der Waals surface area (Å²) in [6.45, 7) is 6.56. The molecule has 2 N–H and O–H groups in total. The molecule has 0 saturated heterocycles. The van der Waals surface area contributed by atoms with E-state index < -0.39 is 5.97 Å². The number of carbonyl (C=O) groups is 1. The quantitative estimate of drug-likeness (QED) is 0.619. The van der Waals surface area contributed by atoms with Crippen LogP contribution in [0.3, 0.4) is 0 Å². The average Bonchev–Trinajstić information content (AvgIpc) is 2.55. The number of nitrogen functional groups attached to an aromatic ring is 1. The van der Waals surface area contributed by atoms with Crippen LogP contribution in [0.4, 0.5) is 5.95 Å². The van der Waals surface area contributed by atoms with Gasteiger partial charge in [0, 0.05) is 5.56 Å². The van der Waals surface area contributed by atoms with Gasteiger partial charge in [0.15, 0.2) is 0 Å². The Labute approximate surface area is 142 Å². The Kier molecular flexibility index (Phi) is 6.12. The first-order valence-electron chi connectivity index (χ1n) is 8.11. The zero-order valence-electron chi connectivity index (χ0n) is 14.3. The maximum atomic E-state index is 12.2. The van der Waals surface area contributed by atoms with Crippen LogP contribution in [0.25, 0.3) is 11.3 Å². The Balaban J connectivity index is 2.35. The fraction of sp³-hybridized carbons (Fsp3) is 0.389. The first-order chi connectivity index (χ1) is 11.6. The van der Waals surface area contributed by atoms with E-state index in [0.717, 1.165) is 24.2 Å². The topological polar surface area (TPSA) is 87.3 Å². The lowest BCUT2D eigenvalue weighted by Crippen LogP contribution is -2.13. The number of unbranched alkanes of at least 4 members (excludes halogenated alkanes) is 1. The molecule has 0 aliphatic heterocycles. The molecular formula is C18H23N3O3. The van der Waals surface area contributed by atoms with E-state index in [2.05, 4.69) is 16.9 Å². The van der Waals surface area contributed by atoms with E-state index in [1.54, 1.807) is 13.8 Å². The van der Waals surface area contributed by atoms with Crippen LogP contribution in [0.1, 0.15) is 42.7 Å². The van der Waals surface area contributed by atoms with Gasteiger partial charge in [-0.25, -0.2) is 14.8 Å². The van der Waals surface area contributed by atoms with Gasteiger partial charge in [-0.1, -0.05) is 13.3 Å². The molecule has 0 aliphatic carbocycles. The number of rotatable bonds is 7. The second-order valence-electron chi connectivity index (χ2n) is 5.34. The summed E-state index contributed by atoms with van der Waals surface area (Å²) in [4.78, 5) is 20.6. The summed E-state index contributed by atoms with van der Waals surface area (Å²) in [5, 5.41) is 0. The minimum Gasteiger partial charge on any atom is -0.494 e. The van der Waals surface area contributed by atoms with Crippen LogP contribution in [-0.4, -0.2) is 29.2 Å². The van der Waals surface area contributed by atoms with Crippen molar-refractivity contribution in [2.45, 2.75) is 33.6 Å². The third-order valence-corrected chi connectivity index (χ3v) is 3.48. The van der Waals surface area contributed by atoms with Crippen LogP contribution in [-0.2, 0) is 4.74 Å². The van der Waals surface area contributed by atoms with Gasteiger partial charge in [-0.15, -0.1) is 0 Å². The summed E-state index contributed by atoms with van der Waals surface area (Å²) < 4.78 is 10.8. The molecule has 0 unspecified atom stereocenters. The van der Waals surface area contributed by atoms with Crippen molar-refractivity contribution in [2.24, 2.45) is 0 Å². The second-order valence-corrected chi connectivity index (χ2v) is 5.34. The first-order valence-corrected chi connectivity index (χ1v) is 8.11. The van der Waals surface area contributed by atoms with Gasteiger partial charge < -0.3 is 15.2 Å². The first kappa shape index (κ1) is 17.7. The molecule has 24 heavy (non-hydrogen) atoms. The number of anilines is 1. The Morgan fingerprint density at radius 2 is 1.88 bits per heavy atom. The third kappa shape index (κ3) is 4.22. The van der Waals surface area contributed by atoms with Crippen molar-refractivity contribution in [1.82, 2.24) is 9.97 Å². The van der Waals surface area contributed by atoms with Crippen molar-refractivity contribution in [1.29, 1.82) is 0 Å². The van der Waals surface area contributed by atoms with Gasteiger partial charge in [0.05, 0.1) is 24.6 Å². The highest BCUT2D eigenvalue weighted by molar-refractivity contribution is 5.97. The van der Waals surface area contributed by atoms with E-state index in [1.807, 2.05) is 24.3 Å². The summed E-state index contributed by atoms with van der Waals surface area (Å²) in [6, 6.07) is 7.41. The Hall–Kier alpha value is -2.63. The van der Waals surface area contributed by atoms with Crippen LogP contribution in [0, 0.1) is 6.92 Å². The molecule has 6 heteroatoms. The predicted molar refractivity (Wildman–Crippen MR) is 93.0 cm³/mol. The smallest absolute Gasteiger partial charge is 0.342 e. The molecule has 0 radical (unpaired) electrons. The molecular weight excluding hydrogens is 306 g/mol. The molecule has 1 aromatic heterocycles. The molecule has 0 aliphatic rings. The van der Waals surface area contributed by atoms with Gasteiger partial charge >= 0.3 is 5.97 Å². The second kappa shape index (κ2) is 8.29. The highest BCUT2D eigenvalue weighted by atomic mass is 16.5. The monoisotopic (exact) mass is 329 g/mol. The zero-order chi connectivity index (χ0) is 17.5. The maximum absolute atomic E-state index is 12.2. The van der Waals surface area contributed by atoms with E-state index in [4.69, 9.17) is 15.2 Å². The fourth-order valence-corrected chi connectivity index (χ4v) is 2.29. The number of esters is 1. The molecule has 2 rings (SSSR count). The Bertz CT molecular complexity index is 699. The SMILES string of the molecule is CCCCOc1ccc(-c2nc(N)nc(C)c2C(=O)OCC)cc1. The van der Waals surface area contributed by atoms with Crippen LogP contribution in [0.15, 0.2) is 24.3 Å². The van der Waals surface area contributed by atoms with Crippen molar-refractivity contribution >= 4 is 11.9 Å². The van der Waals surface area contributed by atoms with Crippen molar-refractivity contribution in [2.75, 3.05) is 18.9 Å². The summed E-state index contributed by atoms with van der Waals surface area (Å²) in [5.41, 5.74) is 7.82. The third-order valence-electron chi connectivity index (χ3n) is 3.48. The van der Waals surface area contributed by atoms with E-state index >= 15 is 0 Å². The molecule has 128 valence electrons. The van der Waals surface area contributed by atoms with Crippen molar-refractivity contribution in [3.8, 4) is 17.0 Å². The molecule has 0 atom stereocenters. The van der Waals surface area contributed by atoms with E-state index in [0.29, 0.717) is 23.6 Å². The molecule has 2 aromatic rings. The Morgan fingerprint density at radius 1 is 1.17 bits per heavy atom. The number of aryl methyl sites for hydroxylation is 1. The zero-order valence-corrected chi connectivity index (χ0v) is 14.3. The van der Waals surface area contributed by atoms with Crippen LogP contribution >= 0.6 is 0 Å². The lowest BCUT2D eigenvalue weighted by molar-refractivity contribution is 0.0525. The van der Waals surface area contributed by atoms with Crippen molar-refractivity contribution < 1.29 is 14.3 Å². The highest BCUT2D eigenvalue weighted by Gasteiger charge is 2.20.